The Bertz CT molecular complexity index is 1320. The zero-order valence-corrected chi connectivity index (χ0v) is 23.1. The molecule has 0 spiro atoms. The minimum atomic E-state index is -3.32. The van der Waals surface area contributed by atoms with Crippen molar-refractivity contribution in [3.63, 3.8) is 0 Å². The summed E-state index contributed by atoms with van der Waals surface area (Å²) in [5, 5.41) is 3.71. The molecule has 3 aromatic carbocycles. The van der Waals surface area contributed by atoms with Crippen LogP contribution in [0.15, 0.2) is 70.0 Å². The van der Waals surface area contributed by atoms with Crippen LogP contribution in [0.5, 0.6) is 11.5 Å². The number of sulfone groups is 1. The molecule has 0 aliphatic carbocycles. The van der Waals surface area contributed by atoms with Gasteiger partial charge in [-0.3, -0.25) is 0 Å². The minimum absolute atomic E-state index is 0.0330. The monoisotopic (exact) mass is 598 g/mol. The zero-order valence-electron chi connectivity index (χ0n) is 19.2. The van der Waals surface area contributed by atoms with E-state index < -0.39 is 9.84 Å². The van der Waals surface area contributed by atoms with Crippen molar-refractivity contribution >= 4 is 55.0 Å². The quantitative estimate of drug-likeness (QED) is 0.296. The van der Waals surface area contributed by atoms with E-state index in [1.54, 1.807) is 67.4 Å². The lowest BCUT2D eigenvalue weighted by Crippen LogP contribution is -2.37. The van der Waals surface area contributed by atoms with Gasteiger partial charge in [0.2, 0.25) is 0 Å². The number of rotatable bonds is 9. The highest BCUT2D eigenvalue weighted by Crippen LogP contribution is 2.31. The van der Waals surface area contributed by atoms with E-state index in [9.17, 15) is 13.2 Å². The van der Waals surface area contributed by atoms with Crippen LogP contribution < -0.4 is 10.1 Å². The van der Waals surface area contributed by atoms with Crippen LogP contribution in [0.2, 0.25) is 10.0 Å². The molecule has 0 saturated heterocycles. The van der Waals surface area contributed by atoms with E-state index in [-0.39, 0.29) is 11.8 Å². The summed E-state index contributed by atoms with van der Waals surface area (Å²) in [6.07, 6.45) is 0.416. The third-order valence-corrected chi connectivity index (χ3v) is 8.57. The summed E-state index contributed by atoms with van der Waals surface area (Å²) in [7, 11) is -1.63. The van der Waals surface area contributed by atoms with Gasteiger partial charge < -0.3 is 15.0 Å². The Morgan fingerprint density at radius 3 is 2.37 bits per heavy atom. The second kappa shape index (κ2) is 12.1. The van der Waals surface area contributed by atoms with Crippen LogP contribution in [0.25, 0.3) is 0 Å². The van der Waals surface area contributed by atoms with Crippen molar-refractivity contribution in [1.29, 1.82) is 0 Å². The lowest BCUT2D eigenvalue weighted by atomic mass is 10.1. The molecule has 10 heteroatoms. The molecule has 1 N–H and O–H groups in total. The molecule has 6 nitrogen and oxygen atoms in total. The summed E-state index contributed by atoms with van der Waals surface area (Å²) < 4.78 is 31.2. The summed E-state index contributed by atoms with van der Waals surface area (Å²) in [5.41, 5.74) is 1.58. The van der Waals surface area contributed by atoms with Crippen LogP contribution in [0.4, 0.5) is 4.79 Å². The summed E-state index contributed by atoms with van der Waals surface area (Å²) in [6, 6.07) is 17.1. The topological polar surface area (TPSA) is 75.7 Å². The van der Waals surface area contributed by atoms with Crippen molar-refractivity contribution in [3.05, 3.63) is 86.3 Å². The van der Waals surface area contributed by atoms with Crippen LogP contribution in [0.1, 0.15) is 18.1 Å². The maximum absolute atomic E-state index is 12.6. The van der Waals surface area contributed by atoms with E-state index in [2.05, 4.69) is 21.2 Å². The molecule has 0 aliphatic heterocycles. The number of amides is 2. The number of nitrogens with zero attached hydrogens (tertiary/aromatic N) is 1. The van der Waals surface area contributed by atoms with Crippen molar-refractivity contribution in [2.24, 2.45) is 0 Å². The molecule has 0 aromatic heterocycles. The average Bonchev–Trinajstić information content (AvgIpc) is 2.83. The molecule has 0 aliphatic rings. The van der Waals surface area contributed by atoms with Gasteiger partial charge in [-0.15, -0.1) is 0 Å². The first-order chi connectivity index (χ1) is 16.6. The molecule has 186 valence electrons. The summed E-state index contributed by atoms with van der Waals surface area (Å²) >= 11 is 15.5. The van der Waals surface area contributed by atoms with Gasteiger partial charge in [0.15, 0.2) is 9.84 Å². The van der Waals surface area contributed by atoms with Crippen LogP contribution in [0, 0.1) is 0 Å². The van der Waals surface area contributed by atoms with Crippen molar-refractivity contribution in [3.8, 4) is 11.5 Å². The fraction of sp³-hybridized carbons (Fsp3) is 0.240. The first-order valence-electron chi connectivity index (χ1n) is 10.8. The molecule has 0 unspecified atom stereocenters. The van der Waals surface area contributed by atoms with Crippen LogP contribution in [0.3, 0.4) is 0 Å². The largest absolute Gasteiger partial charge is 0.457 e. The first-order valence-corrected chi connectivity index (χ1v) is 14.0. The van der Waals surface area contributed by atoms with Crippen molar-refractivity contribution < 1.29 is 17.9 Å². The summed E-state index contributed by atoms with van der Waals surface area (Å²) in [4.78, 5) is 14.5. The Morgan fingerprint density at radius 1 is 1.00 bits per heavy atom. The Kier molecular flexibility index (Phi) is 9.47. The number of hydrogen-bond acceptors (Lipinski definition) is 4. The zero-order chi connectivity index (χ0) is 25.6. The van der Waals surface area contributed by atoms with Gasteiger partial charge in [-0.2, -0.15) is 0 Å². The molecule has 3 aromatic rings. The first kappa shape index (κ1) is 27.3. The van der Waals surface area contributed by atoms with Gasteiger partial charge in [-0.05, 0) is 47.9 Å². The molecule has 0 heterocycles. The van der Waals surface area contributed by atoms with Crippen LogP contribution >= 0.6 is 39.1 Å². The highest BCUT2D eigenvalue weighted by Gasteiger charge is 2.16. The molecule has 0 bridgehead atoms. The highest BCUT2D eigenvalue weighted by molar-refractivity contribution is 9.10. The Balaban J connectivity index is 1.56. The number of carbonyl (C=O) groups excluding carboxylic acids is 1. The SMILES string of the molecule is CCS(=O)(=O)c1ccccc1CCNC(=O)N(C)Cc1ccc(Oc2ccc(Cl)c(Cl)c2)cc1Br. The predicted molar refractivity (Wildman–Crippen MR) is 143 cm³/mol. The normalized spacial score (nSPS) is 11.2. The third-order valence-electron chi connectivity index (χ3n) is 5.26. The molecule has 3 rings (SSSR count). The lowest BCUT2D eigenvalue weighted by molar-refractivity contribution is 0.207. The van der Waals surface area contributed by atoms with Gasteiger partial charge in [0.25, 0.3) is 0 Å². The smallest absolute Gasteiger partial charge is 0.317 e. The van der Waals surface area contributed by atoms with Gasteiger partial charge in [0.05, 0.1) is 20.7 Å². The lowest BCUT2D eigenvalue weighted by Gasteiger charge is -2.19. The fourth-order valence-corrected chi connectivity index (χ4v) is 5.27. The average molecular weight is 600 g/mol. The van der Waals surface area contributed by atoms with Crippen molar-refractivity contribution in [2.75, 3.05) is 19.3 Å². The van der Waals surface area contributed by atoms with E-state index in [4.69, 9.17) is 27.9 Å². The van der Waals surface area contributed by atoms with Crippen molar-refractivity contribution in [2.45, 2.75) is 24.8 Å². The number of benzene rings is 3. The maximum atomic E-state index is 12.6. The fourth-order valence-electron chi connectivity index (χ4n) is 3.33. The van der Waals surface area contributed by atoms with Gasteiger partial charge >= 0.3 is 6.03 Å². The van der Waals surface area contributed by atoms with Crippen LogP contribution in [-0.2, 0) is 22.8 Å². The number of halogens is 3. The van der Waals surface area contributed by atoms with Gasteiger partial charge in [0, 0.05) is 30.7 Å². The van der Waals surface area contributed by atoms with Crippen LogP contribution in [-0.4, -0.2) is 38.7 Å². The molecular weight excluding hydrogens is 575 g/mol. The van der Waals surface area contributed by atoms with E-state index in [0.29, 0.717) is 51.5 Å². The van der Waals surface area contributed by atoms with Gasteiger partial charge in [-0.25, -0.2) is 13.2 Å². The van der Waals surface area contributed by atoms with E-state index in [1.165, 1.54) is 0 Å². The van der Waals surface area contributed by atoms with E-state index >= 15 is 0 Å². The molecule has 0 radical (unpaired) electrons. The number of hydrogen-bond donors (Lipinski definition) is 1. The van der Waals surface area contributed by atoms with Gasteiger partial charge in [0.1, 0.15) is 11.5 Å². The number of carbonyl (C=O) groups is 1. The molecule has 2 amide bonds. The molecule has 0 fully saturated rings. The molecule has 0 saturated carbocycles. The Labute approximate surface area is 224 Å². The maximum Gasteiger partial charge on any atom is 0.317 e. The Morgan fingerprint density at radius 2 is 1.69 bits per heavy atom. The highest BCUT2D eigenvalue weighted by atomic mass is 79.9. The van der Waals surface area contributed by atoms with Crippen molar-refractivity contribution in [1.82, 2.24) is 10.2 Å². The Hall–Kier alpha value is -2.26. The number of urea groups is 1. The number of nitrogens with one attached hydrogen (secondary N) is 1. The molecule has 35 heavy (non-hydrogen) atoms. The molecule has 0 atom stereocenters. The number of ether oxygens (including phenoxy) is 1. The second-order valence-electron chi connectivity index (χ2n) is 7.78. The second-order valence-corrected chi connectivity index (χ2v) is 11.7. The summed E-state index contributed by atoms with van der Waals surface area (Å²) in [5.74, 6) is 1.20. The molecular formula is C25H25BrCl2N2O4S. The third kappa shape index (κ3) is 7.36. The predicted octanol–water partition coefficient (Wildman–Crippen LogP) is 6.73. The standard InChI is InChI=1S/C25H25BrCl2N2O4S/c1-3-35(32,33)24-7-5-4-6-17(24)12-13-29-25(31)30(2)16-18-8-9-19(14-21(18)26)34-20-10-11-22(27)23(28)15-20/h4-11,14-15H,3,12-13,16H2,1-2H3,(H,29,31). The minimum Gasteiger partial charge on any atom is -0.457 e. The van der Waals surface area contributed by atoms with E-state index in [0.717, 1.165) is 10.0 Å². The van der Waals surface area contributed by atoms with Gasteiger partial charge in [-0.1, -0.05) is 70.3 Å². The summed E-state index contributed by atoms with van der Waals surface area (Å²) in [6.45, 7) is 2.30. The van der Waals surface area contributed by atoms with E-state index in [1.807, 2.05) is 12.1 Å².